The maximum atomic E-state index is 12.5. The van der Waals surface area contributed by atoms with Gasteiger partial charge in [0.15, 0.2) is 5.82 Å². The first-order valence-corrected chi connectivity index (χ1v) is 10.9. The van der Waals surface area contributed by atoms with Crippen molar-refractivity contribution in [1.29, 1.82) is 5.26 Å². The molecule has 0 radical (unpaired) electrons. The number of likely N-dealkylation sites (tertiary alicyclic amines) is 1. The van der Waals surface area contributed by atoms with Crippen molar-refractivity contribution in [1.82, 2.24) is 19.7 Å². The summed E-state index contributed by atoms with van der Waals surface area (Å²) in [5.41, 5.74) is 1.58. The summed E-state index contributed by atoms with van der Waals surface area (Å²) >= 11 is 1.26. The number of aromatic nitrogens is 3. The summed E-state index contributed by atoms with van der Waals surface area (Å²) in [7, 11) is 0. The lowest BCUT2D eigenvalue weighted by atomic mass is 10.2. The molecule has 2 aromatic heterocycles. The molecule has 31 heavy (non-hydrogen) atoms. The van der Waals surface area contributed by atoms with Crippen LogP contribution in [0.4, 0.5) is 5.82 Å². The van der Waals surface area contributed by atoms with Gasteiger partial charge in [-0.2, -0.15) is 10.4 Å². The summed E-state index contributed by atoms with van der Waals surface area (Å²) in [5, 5.41) is 17.0. The molecule has 0 unspecified atom stereocenters. The Hall–Kier alpha value is -3.64. The average Bonchev–Trinajstić information content (AvgIpc) is 3.48. The second-order valence-corrected chi connectivity index (χ2v) is 7.98. The van der Waals surface area contributed by atoms with E-state index in [9.17, 15) is 14.9 Å². The van der Waals surface area contributed by atoms with Gasteiger partial charge in [-0.3, -0.25) is 9.59 Å². The quantitative estimate of drug-likeness (QED) is 0.600. The summed E-state index contributed by atoms with van der Waals surface area (Å²) in [5.74, 6) is 0.159. The zero-order chi connectivity index (χ0) is 21.6. The number of hydrogen-bond donors (Lipinski definition) is 1. The minimum absolute atomic E-state index is 0.00231. The van der Waals surface area contributed by atoms with Crippen LogP contribution in [0.15, 0.2) is 59.9 Å². The lowest BCUT2D eigenvalue weighted by molar-refractivity contribution is -0.113. The van der Waals surface area contributed by atoms with Crippen LogP contribution < -0.4 is 5.32 Å². The Morgan fingerprint density at radius 1 is 1.10 bits per heavy atom. The van der Waals surface area contributed by atoms with Crippen molar-refractivity contribution in [2.24, 2.45) is 0 Å². The normalized spacial score (nSPS) is 13.1. The Bertz CT molecular complexity index is 1120. The number of amides is 2. The van der Waals surface area contributed by atoms with Crippen LogP contribution in [0.5, 0.6) is 0 Å². The number of thioether (sulfide) groups is 1. The smallest absolute Gasteiger partial charge is 0.255 e. The number of hydrogen-bond acceptors (Lipinski definition) is 6. The van der Waals surface area contributed by atoms with Gasteiger partial charge >= 0.3 is 0 Å². The molecule has 1 N–H and O–H groups in total. The minimum atomic E-state index is -0.279. The molecule has 0 saturated carbocycles. The number of nitrogens with zero attached hydrogens (tertiary/aromatic N) is 5. The zero-order valence-electron chi connectivity index (χ0n) is 16.7. The summed E-state index contributed by atoms with van der Waals surface area (Å²) in [6, 6.07) is 14.8. The van der Waals surface area contributed by atoms with E-state index in [1.54, 1.807) is 18.3 Å². The fourth-order valence-corrected chi connectivity index (χ4v) is 3.96. The van der Waals surface area contributed by atoms with Crippen molar-refractivity contribution < 1.29 is 9.59 Å². The van der Waals surface area contributed by atoms with E-state index >= 15 is 0 Å². The molecule has 0 bridgehead atoms. The number of benzene rings is 1. The fourth-order valence-electron chi connectivity index (χ4n) is 3.32. The molecular weight excluding hydrogens is 412 g/mol. The Morgan fingerprint density at radius 2 is 1.87 bits per heavy atom. The molecule has 1 aliphatic heterocycles. The molecule has 8 nitrogen and oxygen atoms in total. The number of nitriles is 1. The lowest BCUT2D eigenvalue weighted by Crippen LogP contribution is -2.27. The van der Waals surface area contributed by atoms with Gasteiger partial charge in [-0.25, -0.2) is 9.67 Å². The molecule has 4 rings (SSSR count). The number of carbonyl (C=O) groups is 2. The fraction of sp³-hybridized carbons (Fsp3) is 0.227. The van der Waals surface area contributed by atoms with Gasteiger partial charge in [0.2, 0.25) is 5.91 Å². The summed E-state index contributed by atoms with van der Waals surface area (Å²) in [6.07, 6.45) is 5.06. The second-order valence-electron chi connectivity index (χ2n) is 6.99. The SMILES string of the molecule is N#Cc1cnn(-c2ccccc2)c1NC(=O)CSc1ccc(C(=O)N2CCCC2)cn1. The molecule has 0 aliphatic carbocycles. The minimum Gasteiger partial charge on any atom is -0.339 e. The Kier molecular flexibility index (Phi) is 6.29. The van der Waals surface area contributed by atoms with E-state index in [1.165, 1.54) is 22.6 Å². The topological polar surface area (TPSA) is 104 Å². The molecule has 1 aliphatic rings. The van der Waals surface area contributed by atoms with E-state index in [0.717, 1.165) is 31.6 Å². The third-order valence-corrected chi connectivity index (χ3v) is 5.82. The van der Waals surface area contributed by atoms with E-state index in [0.29, 0.717) is 16.4 Å². The summed E-state index contributed by atoms with van der Waals surface area (Å²) in [4.78, 5) is 31.0. The van der Waals surface area contributed by atoms with Crippen LogP contribution in [-0.4, -0.2) is 50.3 Å². The third-order valence-electron chi connectivity index (χ3n) is 4.88. The molecule has 1 saturated heterocycles. The van der Waals surface area contributed by atoms with E-state index in [1.807, 2.05) is 35.2 Å². The van der Waals surface area contributed by atoms with Crippen molar-refractivity contribution in [3.8, 4) is 11.8 Å². The maximum Gasteiger partial charge on any atom is 0.255 e. The number of carbonyl (C=O) groups excluding carboxylic acids is 2. The van der Waals surface area contributed by atoms with Crippen LogP contribution in [0, 0.1) is 11.3 Å². The van der Waals surface area contributed by atoms with Gasteiger partial charge in [-0.1, -0.05) is 30.0 Å². The first kappa shape index (κ1) is 20.6. The van der Waals surface area contributed by atoms with Crippen molar-refractivity contribution in [3.63, 3.8) is 0 Å². The maximum absolute atomic E-state index is 12.5. The number of rotatable bonds is 6. The van der Waals surface area contributed by atoms with Gasteiger partial charge in [-0.05, 0) is 37.1 Å². The molecular formula is C22H20N6O2S. The molecule has 3 aromatic rings. The van der Waals surface area contributed by atoms with Crippen LogP contribution in [0.2, 0.25) is 0 Å². The molecule has 1 aromatic carbocycles. The Labute approximate surface area is 183 Å². The van der Waals surface area contributed by atoms with Crippen LogP contribution in [0.1, 0.15) is 28.8 Å². The predicted octanol–water partition coefficient (Wildman–Crippen LogP) is 3.11. The standard InChI is InChI=1S/C22H20N6O2S/c23-12-17-14-25-28(18-6-2-1-3-7-18)21(17)26-19(29)15-31-20-9-8-16(13-24-20)22(30)27-10-4-5-11-27/h1-3,6-9,13-14H,4-5,10-11,15H2,(H,26,29). The van der Waals surface area contributed by atoms with Crippen molar-refractivity contribution in [3.05, 3.63) is 66.0 Å². The van der Waals surface area contributed by atoms with Crippen LogP contribution >= 0.6 is 11.8 Å². The molecule has 2 amide bonds. The molecule has 0 atom stereocenters. The average molecular weight is 433 g/mol. The molecule has 0 spiro atoms. The van der Waals surface area contributed by atoms with Crippen molar-refractivity contribution >= 4 is 29.4 Å². The Balaban J connectivity index is 1.38. The molecule has 1 fully saturated rings. The lowest BCUT2D eigenvalue weighted by Gasteiger charge is -2.14. The number of pyridine rings is 1. The van der Waals surface area contributed by atoms with E-state index < -0.39 is 0 Å². The first-order valence-electron chi connectivity index (χ1n) is 9.87. The van der Waals surface area contributed by atoms with Crippen LogP contribution in [0.25, 0.3) is 5.69 Å². The third kappa shape index (κ3) is 4.75. The van der Waals surface area contributed by atoms with E-state index in [4.69, 9.17) is 0 Å². The predicted molar refractivity (Wildman–Crippen MR) is 117 cm³/mol. The van der Waals surface area contributed by atoms with Gasteiger partial charge in [0.1, 0.15) is 11.6 Å². The highest BCUT2D eigenvalue weighted by atomic mass is 32.2. The van der Waals surface area contributed by atoms with Crippen molar-refractivity contribution in [2.45, 2.75) is 17.9 Å². The molecule has 3 heterocycles. The monoisotopic (exact) mass is 432 g/mol. The van der Waals surface area contributed by atoms with Gasteiger partial charge in [0.25, 0.3) is 5.91 Å². The van der Waals surface area contributed by atoms with Crippen LogP contribution in [0.3, 0.4) is 0 Å². The summed E-state index contributed by atoms with van der Waals surface area (Å²) in [6.45, 7) is 1.58. The van der Waals surface area contributed by atoms with Gasteiger partial charge in [0, 0.05) is 19.3 Å². The van der Waals surface area contributed by atoms with Crippen molar-refractivity contribution in [2.75, 3.05) is 24.2 Å². The highest BCUT2D eigenvalue weighted by Crippen LogP contribution is 2.21. The Morgan fingerprint density at radius 3 is 2.55 bits per heavy atom. The highest BCUT2D eigenvalue weighted by molar-refractivity contribution is 7.99. The van der Waals surface area contributed by atoms with Gasteiger partial charge in [0.05, 0.1) is 28.2 Å². The largest absolute Gasteiger partial charge is 0.339 e. The zero-order valence-corrected chi connectivity index (χ0v) is 17.5. The molecule has 9 heteroatoms. The number of anilines is 1. The summed E-state index contributed by atoms with van der Waals surface area (Å²) < 4.78 is 1.53. The molecule has 156 valence electrons. The second kappa shape index (κ2) is 9.45. The van der Waals surface area contributed by atoms with Gasteiger partial charge < -0.3 is 10.2 Å². The number of para-hydroxylation sites is 1. The highest BCUT2D eigenvalue weighted by Gasteiger charge is 2.20. The van der Waals surface area contributed by atoms with E-state index in [2.05, 4.69) is 21.5 Å². The number of nitrogens with one attached hydrogen (secondary N) is 1. The van der Waals surface area contributed by atoms with Gasteiger partial charge in [-0.15, -0.1) is 0 Å². The van der Waals surface area contributed by atoms with Crippen LogP contribution in [-0.2, 0) is 4.79 Å². The van der Waals surface area contributed by atoms with E-state index in [-0.39, 0.29) is 23.1 Å². The first-order chi connectivity index (χ1) is 15.2.